The predicted molar refractivity (Wildman–Crippen MR) is 114 cm³/mol. The molecule has 1 heterocycles. The summed E-state index contributed by atoms with van der Waals surface area (Å²) < 4.78 is 27.0. The minimum atomic E-state index is -0.682. The van der Waals surface area contributed by atoms with Crippen LogP contribution in [0.1, 0.15) is 43.0 Å². The highest BCUT2D eigenvalue weighted by Crippen LogP contribution is 2.29. The van der Waals surface area contributed by atoms with Crippen LogP contribution in [-0.4, -0.2) is 10.9 Å². The Kier molecular flexibility index (Phi) is 5.85. The van der Waals surface area contributed by atoms with Crippen molar-refractivity contribution < 1.29 is 13.6 Å². The van der Waals surface area contributed by atoms with Crippen molar-refractivity contribution in [3.63, 3.8) is 0 Å². The van der Waals surface area contributed by atoms with Crippen molar-refractivity contribution in [2.45, 2.75) is 46.5 Å². The standard InChI is InChI=1S/C23H24F2N2OS/c1-13-8-15(23(3,4)5)9-14(2)18(13)11-21(28)27-22-26-20(12-29-22)17-7-6-16(24)10-19(17)25/h6-10,12H,11H2,1-5H3,(H,26,27,28). The number of aromatic nitrogens is 1. The average Bonchev–Trinajstić information content (AvgIpc) is 3.05. The van der Waals surface area contributed by atoms with Crippen LogP contribution in [0.2, 0.25) is 0 Å². The minimum absolute atomic E-state index is 0.0449. The van der Waals surface area contributed by atoms with Crippen LogP contribution in [-0.2, 0) is 16.6 Å². The third-order valence-corrected chi connectivity index (χ3v) is 5.61. The lowest BCUT2D eigenvalue weighted by Gasteiger charge is -2.22. The maximum Gasteiger partial charge on any atom is 0.230 e. The van der Waals surface area contributed by atoms with E-state index >= 15 is 0 Å². The van der Waals surface area contributed by atoms with Gasteiger partial charge in [-0.25, -0.2) is 13.8 Å². The molecule has 1 amide bonds. The van der Waals surface area contributed by atoms with E-state index in [0.717, 1.165) is 22.8 Å². The average molecular weight is 415 g/mol. The number of hydrogen-bond acceptors (Lipinski definition) is 3. The smallest absolute Gasteiger partial charge is 0.230 e. The molecule has 0 aliphatic heterocycles. The number of carbonyl (C=O) groups excluding carboxylic acids is 1. The monoisotopic (exact) mass is 414 g/mol. The van der Waals surface area contributed by atoms with Crippen LogP contribution in [0.5, 0.6) is 0 Å². The Bertz CT molecular complexity index is 1040. The SMILES string of the molecule is Cc1cc(C(C)(C)C)cc(C)c1CC(=O)Nc1nc(-c2ccc(F)cc2F)cs1. The highest BCUT2D eigenvalue weighted by Gasteiger charge is 2.18. The molecule has 3 aromatic rings. The second kappa shape index (κ2) is 8.03. The predicted octanol–water partition coefficient (Wildman–Crippen LogP) is 6.18. The summed E-state index contributed by atoms with van der Waals surface area (Å²) in [6.07, 6.45) is 0.238. The highest BCUT2D eigenvalue weighted by molar-refractivity contribution is 7.14. The van der Waals surface area contributed by atoms with Gasteiger partial charge in [-0.3, -0.25) is 4.79 Å². The summed E-state index contributed by atoms with van der Waals surface area (Å²) in [5.74, 6) is -1.50. The zero-order valence-corrected chi connectivity index (χ0v) is 18.0. The third kappa shape index (κ3) is 4.88. The first-order valence-electron chi connectivity index (χ1n) is 9.36. The Balaban J connectivity index is 1.75. The van der Waals surface area contributed by atoms with E-state index in [9.17, 15) is 13.6 Å². The molecule has 0 fully saturated rings. The Labute approximate surface area is 173 Å². The number of hydrogen-bond donors (Lipinski definition) is 1. The summed E-state index contributed by atoms with van der Waals surface area (Å²) in [5, 5.41) is 4.81. The topological polar surface area (TPSA) is 42.0 Å². The molecule has 0 atom stereocenters. The molecule has 6 heteroatoms. The third-order valence-electron chi connectivity index (χ3n) is 4.86. The second-order valence-corrected chi connectivity index (χ2v) is 9.08. The lowest BCUT2D eigenvalue weighted by atomic mass is 9.83. The van der Waals surface area contributed by atoms with Crippen LogP contribution in [0.25, 0.3) is 11.3 Å². The van der Waals surface area contributed by atoms with Crippen molar-refractivity contribution in [2.75, 3.05) is 5.32 Å². The molecule has 0 aliphatic carbocycles. The van der Waals surface area contributed by atoms with Gasteiger partial charge in [0.1, 0.15) is 11.6 Å². The van der Waals surface area contributed by atoms with E-state index in [-0.39, 0.29) is 23.3 Å². The lowest BCUT2D eigenvalue weighted by Crippen LogP contribution is -2.17. The number of halogens is 2. The Morgan fingerprint density at radius 2 is 1.76 bits per heavy atom. The summed E-state index contributed by atoms with van der Waals surface area (Å²) in [5.41, 5.74) is 5.01. The van der Waals surface area contributed by atoms with Crippen molar-refractivity contribution in [2.24, 2.45) is 0 Å². The van der Waals surface area contributed by atoms with Gasteiger partial charge < -0.3 is 5.32 Å². The van der Waals surface area contributed by atoms with Gasteiger partial charge in [0.25, 0.3) is 0 Å². The van der Waals surface area contributed by atoms with E-state index in [1.807, 2.05) is 13.8 Å². The Morgan fingerprint density at radius 1 is 1.10 bits per heavy atom. The minimum Gasteiger partial charge on any atom is -0.302 e. The molecule has 0 aliphatic rings. The molecule has 0 bridgehead atoms. The zero-order valence-electron chi connectivity index (χ0n) is 17.2. The fraction of sp³-hybridized carbons (Fsp3) is 0.304. The maximum absolute atomic E-state index is 13.9. The molecular weight excluding hydrogens is 390 g/mol. The van der Waals surface area contributed by atoms with Crippen LogP contribution in [0.3, 0.4) is 0 Å². The largest absolute Gasteiger partial charge is 0.302 e. The van der Waals surface area contributed by atoms with Gasteiger partial charge in [-0.15, -0.1) is 11.3 Å². The molecule has 0 unspecified atom stereocenters. The van der Waals surface area contributed by atoms with Gasteiger partial charge in [-0.1, -0.05) is 32.9 Å². The fourth-order valence-electron chi connectivity index (χ4n) is 3.18. The molecule has 0 saturated heterocycles. The molecule has 3 nitrogen and oxygen atoms in total. The number of amides is 1. The Hall–Kier alpha value is -2.60. The lowest BCUT2D eigenvalue weighted by molar-refractivity contribution is -0.115. The van der Waals surface area contributed by atoms with Crippen LogP contribution in [0, 0.1) is 25.5 Å². The number of thiazole rings is 1. The van der Waals surface area contributed by atoms with Gasteiger partial charge in [0.05, 0.1) is 12.1 Å². The number of anilines is 1. The molecule has 1 N–H and O–H groups in total. The first-order valence-corrected chi connectivity index (χ1v) is 10.2. The first kappa shape index (κ1) is 21.1. The number of carbonyl (C=O) groups is 1. The van der Waals surface area contributed by atoms with Gasteiger partial charge >= 0.3 is 0 Å². The van der Waals surface area contributed by atoms with Gasteiger partial charge in [0.2, 0.25) is 5.91 Å². The van der Waals surface area contributed by atoms with E-state index in [4.69, 9.17) is 0 Å². The van der Waals surface area contributed by atoms with E-state index in [1.165, 1.54) is 29.0 Å². The van der Waals surface area contributed by atoms with Crippen LogP contribution >= 0.6 is 11.3 Å². The normalized spacial score (nSPS) is 11.6. The molecule has 29 heavy (non-hydrogen) atoms. The summed E-state index contributed by atoms with van der Waals surface area (Å²) >= 11 is 1.21. The van der Waals surface area contributed by atoms with E-state index < -0.39 is 11.6 Å². The van der Waals surface area contributed by atoms with Gasteiger partial charge in [-0.05, 0) is 53.6 Å². The number of nitrogens with one attached hydrogen (secondary N) is 1. The maximum atomic E-state index is 13.9. The van der Waals surface area contributed by atoms with E-state index in [0.29, 0.717) is 10.8 Å². The number of benzene rings is 2. The number of nitrogens with zero attached hydrogens (tertiary/aromatic N) is 1. The summed E-state index contributed by atoms with van der Waals surface area (Å²) in [4.78, 5) is 16.8. The molecular formula is C23H24F2N2OS. The molecule has 152 valence electrons. The molecule has 3 rings (SSSR count). The van der Waals surface area contributed by atoms with Crippen molar-refractivity contribution in [1.82, 2.24) is 4.98 Å². The first-order chi connectivity index (χ1) is 13.5. The van der Waals surface area contributed by atoms with E-state index in [1.54, 1.807) is 5.38 Å². The number of aryl methyl sites for hydroxylation is 2. The summed E-state index contributed by atoms with van der Waals surface area (Å²) in [7, 11) is 0. The molecule has 1 aromatic heterocycles. The molecule has 0 spiro atoms. The van der Waals surface area contributed by atoms with E-state index in [2.05, 4.69) is 43.2 Å². The van der Waals surface area contributed by atoms with Crippen molar-refractivity contribution in [3.8, 4) is 11.3 Å². The van der Waals surface area contributed by atoms with Gasteiger partial charge in [0, 0.05) is 17.0 Å². The van der Waals surface area contributed by atoms with Crippen molar-refractivity contribution in [1.29, 1.82) is 0 Å². The van der Waals surface area contributed by atoms with Crippen LogP contribution in [0.4, 0.5) is 13.9 Å². The number of rotatable bonds is 4. The van der Waals surface area contributed by atoms with Crippen molar-refractivity contribution in [3.05, 3.63) is 69.6 Å². The second-order valence-electron chi connectivity index (χ2n) is 8.23. The molecule has 2 aromatic carbocycles. The Morgan fingerprint density at radius 3 is 2.34 bits per heavy atom. The summed E-state index contributed by atoms with van der Waals surface area (Å²) in [6, 6.07) is 7.61. The highest BCUT2D eigenvalue weighted by atomic mass is 32.1. The van der Waals surface area contributed by atoms with Gasteiger partial charge in [0.15, 0.2) is 5.13 Å². The fourth-order valence-corrected chi connectivity index (χ4v) is 3.91. The van der Waals surface area contributed by atoms with Crippen molar-refractivity contribution >= 4 is 22.4 Å². The molecule has 0 radical (unpaired) electrons. The van der Waals surface area contributed by atoms with Crippen LogP contribution in [0.15, 0.2) is 35.7 Å². The summed E-state index contributed by atoms with van der Waals surface area (Å²) in [6.45, 7) is 10.5. The molecule has 0 saturated carbocycles. The van der Waals surface area contributed by atoms with Crippen LogP contribution < -0.4 is 5.32 Å². The zero-order chi connectivity index (χ0) is 21.3. The quantitative estimate of drug-likeness (QED) is 0.554. The van der Waals surface area contributed by atoms with Gasteiger partial charge in [-0.2, -0.15) is 0 Å².